The summed E-state index contributed by atoms with van der Waals surface area (Å²) in [5.41, 5.74) is 1.51. The maximum absolute atomic E-state index is 13.5. The minimum absolute atomic E-state index is 0.0380. The van der Waals surface area contributed by atoms with E-state index in [2.05, 4.69) is 10.6 Å². The van der Waals surface area contributed by atoms with Crippen LogP contribution < -0.4 is 10.6 Å². The van der Waals surface area contributed by atoms with Gasteiger partial charge >= 0.3 is 19.9 Å². The van der Waals surface area contributed by atoms with Crippen molar-refractivity contribution in [1.29, 1.82) is 0 Å². The molecule has 0 saturated carbocycles. The minimum Gasteiger partial charge on any atom is -0.465 e. The topological polar surface area (TPSA) is 114 Å². The highest BCUT2D eigenvalue weighted by molar-refractivity contribution is 7.53. The van der Waals surface area contributed by atoms with Gasteiger partial charge in [0.05, 0.1) is 25.4 Å². The largest absolute Gasteiger partial charge is 0.465 e. The molecular formula is C24H26F3N2O6P. The lowest BCUT2D eigenvalue weighted by Crippen LogP contribution is -2.47. The standard InChI is InChI=1S/C24H26F3N2O6P/c25-24(26,27)15-28-21(30)23(19-9-3-1-7-17(19)18-8-2-4-10-20(18)23)11-5-6-12-36(33)34-13-16(14-35-36)29-22(31)32/h1-4,7-10,16,29H,5-6,11-15H2,(H,28,30)(H,31,32)/t16-,36+. The monoisotopic (exact) mass is 526 g/mol. The summed E-state index contributed by atoms with van der Waals surface area (Å²) in [6.07, 6.45) is -4.89. The predicted molar refractivity (Wildman–Crippen MR) is 125 cm³/mol. The van der Waals surface area contributed by atoms with Crippen LogP contribution in [0, 0.1) is 0 Å². The molecule has 12 heteroatoms. The molecule has 36 heavy (non-hydrogen) atoms. The number of hydrogen-bond acceptors (Lipinski definition) is 5. The van der Waals surface area contributed by atoms with Crippen LogP contribution in [0.4, 0.5) is 18.0 Å². The van der Waals surface area contributed by atoms with E-state index in [1.54, 1.807) is 24.3 Å². The third kappa shape index (κ3) is 5.43. The van der Waals surface area contributed by atoms with Crippen LogP contribution in [-0.2, 0) is 23.8 Å². The lowest BCUT2D eigenvalue weighted by Gasteiger charge is -2.32. The van der Waals surface area contributed by atoms with Crippen molar-refractivity contribution >= 4 is 19.6 Å². The summed E-state index contributed by atoms with van der Waals surface area (Å²) < 4.78 is 62.4. The molecule has 194 valence electrons. The number of hydrogen-bond donors (Lipinski definition) is 3. The molecule has 0 atom stereocenters. The Morgan fingerprint density at radius 2 is 1.56 bits per heavy atom. The number of halogens is 3. The Balaban J connectivity index is 1.52. The Morgan fingerprint density at radius 1 is 1.00 bits per heavy atom. The third-order valence-corrected chi connectivity index (χ3v) is 8.36. The highest BCUT2D eigenvalue weighted by atomic mass is 31.2. The average Bonchev–Trinajstić information content (AvgIpc) is 3.12. The Morgan fingerprint density at radius 3 is 2.08 bits per heavy atom. The Hall–Kier alpha value is -2.88. The van der Waals surface area contributed by atoms with Crippen molar-refractivity contribution in [3.05, 3.63) is 59.7 Å². The van der Waals surface area contributed by atoms with Crippen LogP contribution in [0.15, 0.2) is 48.5 Å². The van der Waals surface area contributed by atoms with Crippen molar-refractivity contribution in [3.8, 4) is 11.1 Å². The molecule has 0 unspecified atom stereocenters. The number of carbonyl (C=O) groups is 2. The summed E-state index contributed by atoms with van der Waals surface area (Å²) in [6, 6.07) is 13.7. The number of fused-ring (bicyclic) bond motifs is 3. The normalized spacial score (nSPS) is 22.4. The van der Waals surface area contributed by atoms with Crippen LogP contribution in [0.2, 0.25) is 0 Å². The van der Waals surface area contributed by atoms with Gasteiger partial charge in [0.25, 0.3) is 0 Å². The summed E-state index contributed by atoms with van der Waals surface area (Å²) in [5, 5.41) is 13.1. The predicted octanol–water partition coefficient (Wildman–Crippen LogP) is 4.68. The van der Waals surface area contributed by atoms with E-state index < -0.39 is 43.8 Å². The van der Waals surface area contributed by atoms with Crippen molar-refractivity contribution in [2.45, 2.75) is 36.9 Å². The number of benzene rings is 2. The number of carboxylic acid groups (broad SMARTS) is 1. The van der Waals surface area contributed by atoms with Crippen molar-refractivity contribution < 1.29 is 41.5 Å². The second-order valence-corrected chi connectivity index (χ2v) is 11.0. The smallest absolute Gasteiger partial charge is 0.405 e. The molecule has 2 amide bonds. The van der Waals surface area contributed by atoms with Gasteiger partial charge in [0.1, 0.15) is 12.0 Å². The zero-order chi connectivity index (χ0) is 26.0. The quantitative estimate of drug-likeness (QED) is 0.340. The van der Waals surface area contributed by atoms with E-state index in [1.807, 2.05) is 24.3 Å². The zero-order valence-electron chi connectivity index (χ0n) is 19.2. The molecule has 3 N–H and O–H groups in total. The number of amides is 2. The van der Waals surface area contributed by atoms with Crippen LogP contribution in [0.3, 0.4) is 0 Å². The third-order valence-electron chi connectivity index (χ3n) is 6.41. The van der Waals surface area contributed by atoms with Crippen molar-refractivity contribution in [2.75, 3.05) is 25.9 Å². The Labute approximate surface area is 205 Å². The fourth-order valence-corrected chi connectivity index (χ4v) is 6.62. The number of nitrogens with one attached hydrogen (secondary N) is 2. The number of alkyl halides is 3. The molecule has 2 aromatic carbocycles. The molecule has 1 saturated heterocycles. The van der Waals surface area contributed by atoms with Gasteiger partial charge in [-0.05, 0) is 35.1 Å². The second-order valence-electron chi connectivity index (χ2n) is 8.82. The molecule has 0 bridgehead atoms. The van der Waals surface area contributed by atoms with Crippen LogP contribution in [-0.4, -0.2) is 55.2 Å². The molecule has 0 aromatic heterocycles. The summed E-state index contributed by atoms with van der Waals surface area (Å²) in [5.74, 6) is -0.739. The SMILES string of the molecule is O=C(O)N[C@H]1CO[P@](=O)(CCCCC2(C(=O)NCC(F)(F)F)c3ccccc3-c3ccccc32)OC1. The molecule has 2 aromatic rings. The van der Waals surface area contributed by atoms with E-state index >= 15 is 0 Å². The van der Waals surface area contributed by atoms with Gasteiger partial charge in [0.2, 0.25) is 5.91 Å². The second kappa shape index (κ2) is 10.2. The first-order valence-corrected chi connectivity index (χ1v) is 13.2. The molecule has 0 radical (unpaired) electrons. The Kier molecular flexibility index (Phi) is 7.45. The zero-order valence-corrected chi connectivity index (χ0v) is 20.1. The summed E-state index contributed by atoms with van der Waals surface area (Å²) in [4.78, 5) is 24.2. The highest BCUT2D eigenvalue weighted by Crippen LogP contribution is 2.54. The van der Waals surface area contributed by atoms with Gasteiger partial charge in [-0.25, -0.2) is 4.79 Å². The lowest BCUT2D eigenvalue weighted by molar-refractivity contribution is -0.141. The van der Waals surface area contributed by atoms with Crippen molar-refractivity contribution in [3.63, 3.8) is 0 Å². The lowest BCUT2D eigenvalue weighted by atomic mass is 9.73. The van der Waals surface area contributed by atoms with E-state index in [0.717, 1.165) is 11.1 Å². The molecule has 1 heterocycles. The maximum Gasteiger partial charge on any atom is 0.405 e. The van der Waals surface area contributed by atoms with Gasteiger partial charge in [0, 0.05) is 0 Å². The van der Waals surface area contributed by atoms with E-state index in [0.29, 0.717) is 24.0 Å². The first kappa shape index (κ1) is 26.2. The Bertz CT molecular complexity index is 1130. The van der Waals surface area contributed by atoms with Crippen molar-refractivity contribution in [1.82, 2.24) is 10.6 Å². The molecule has 8 nitrogen and oxygen atoms in total. The first-order valence-electron chi connectivity index (χ1n) is 11.5. The molecule has 2 aliphatic rings. The van der Waals surface area contributed by atoms with E-state index in [9.17, 15) is 27.3 Å². The fourth-order valence-electron chi connectivity index (χ4n) is 4.86. The molecular weight excluding hydrogens is 500 g/mol. The molecule has 1 aliphatic heterocycles. The first-order chi connectivity index (χ1) is 17.0. The van der Waals surface area contributed by atoms with E-state index in [-0.39, 0.29) is 25.8 Å². The molecule has 1 aliphatic carbocycles. The van der Waals surface area contributed by atoms with Gasteiger partial charge in [-0.2, -0.15) is 13.2 Å². The van der Waals surface area contributed by atoms with E-state index in [4.69, 9.17) is 14.2 Å². The van der Waals surface area contributed by atoms with Gasteiger partial charge < -0.3 is 24.8 Å². The minimum atomic E-state index is -4.56. The fraction of sp³-hybridized carbons (Fsp3) is 0.417. The average molecular weight is 526 g/mol. The molecule has 0 spiro atoms. The van der Waals surface area contributed by atoms with Gasteiger partial charge in [-0.3, -0.25) is 9.36 Å². The number of unbranched alkanes of at least 4 members (excludes halogenated alkanes) is 1. The number of carbonyl (C=O) groups excluding carboxylic acids is 1. The van der Waals surface area contributed by atoms with Gasteiger partial charge in [-0.15, -0.1) is 0 Å². The highest BCUT2D eigenvalue weighted by Gasteiger charge is 2.49. The van der Waals surface area contributed by atoms with Crippen LogP contribution >= 0.6 is 7.60 Å². The van der Waals surface area contributed by atoms with Gasteiger partial charge in [-0.1, -0.05) is 55.0 Å². The maximum atomic E-state index is 13.5. The van der Waals surface area contributed by atoms with Crippen LogP contribution in [0.1, 0.15) is 30.4 Å². The van der Waals surface area contributed by atoms with E-state index in [1.165, 1.54) is 0 Å². The van der Waals surface area contributed by atoms with Crippen LogP contribution in [0.5, 0.6) is 0 Å². The van der Waals surface area contributed by atoms with Crippen LogP contribution in [0.25, 0.3) is 11.1 Å². The summed E-state index contributed by atoms with van der Waals surface area (Å²) in [6.45, 7) is -1.62. The number of rotatable bonds is 8. The molecule has 1 fully saturated rings. The van der Waals surface area contributed by atoms with Crippen molar-refractivity contribution in [2.24, 2.45) is 0 Å². The summed E-state index contributed by atoms with van der Waals surface area (Å²) >= 11 is 0. The molecule has 4 rings (SSSR count). The summed E-state index contributed by atoms with van der Waals surface area (Å²) in [7, 11) is -3.45. The van der Waals surface area contributed by atoms with Gasteiger partial charge in [0.15, 0.2) is 0 Å².